The summed E-state index contributed by atoms with van der Waals surface area (Å²) in [6.45, 7) is 1.37. The van der Waals surface area contributed by atoms with Gasteiger partial charge in [0.25, 0.3) is 0 Å². The van der Waals surface area contributed by atoms with Crippen LogP contribution in [-0.4, -0.2) is 43.3 Å². The topological polar surface area (TPSA) is 116 Å². The molecule has 0 unspecified atom stereocenters. The SMILES string of the molecule is COC(=O)C(C(=O)OC)[C@@H](C)[C@@H](N)C(=O)O. The van der Waals surface area contributed by atoms with E-state index in [1.807, 2.05) is 0 Å². The minimum atomic E-state index is -1.34. The molecule has 7 heteroatoms. The van der Waals surface area contributed by atoms with E-state index < -0.39 is 35.8 Å². The molecule has 0 spiro atoms. The monoisotopic (exact) mass is 233 g/mol. The van der Waals surface area contributed by atoms with Gasteiger partial charge in [-0.3, -0.25) is 14.4 Å². The van der Waals surface area contributed by atoms with Crippen molar-refractivity contribution >= 4 is 17.9 Å². The summed E-state index contributed by atoms with van der Waals surface area (Å²) in [5, 5.41) is 8.68. The van der Waals surface area contributed by atoms with Gasteiger partial charge in [0.15, 0.2) is 5.92 Å². The first-order valence-corrected chi connectivity index (χ1v) is 4.50. The second-order valence-corrected chi connectivity index (χ2v) is 3.25. The average Bonchev–Trinajstić information content (AvgIpc) is 2.27. The summed E-state index contributed by atoms with van der Waals surface area (Å²) >= 11 is 0. The van der Waals surface area contributed by atoms with E-state index in [-0.39, 0.29) is 0 Å². The van der Waals surface area contributed by atoms with E-state index >= 15 is 0 Å². The number of carboxylic acid groups (broad SMARTS) is 1. The Labute approximate surface area is 92.5 Å². The summed E-state index contributed by atoms with van der Waals surface area (Å²) in [6, 6.07) is -1.34. The van der Waals surface area contributed by atoms with Gasteiger partial charge in [-0.05, 0) is 0 Å². The molecule has 0 rings (SSSR count). The van der Waals surface area contributed by atoms with Crippen molar-refractivity contribution in [1.29, 1.82) is 0 Å². The number of nitrogens with two attached hydrogens (primary N) is 1. The van der Waals surface area contributed by atoms with Crippen LogP contribution in [0.4, 0.5) is 0 Å². The molecule has 0 radical (unpaired) electrons. The number of methoxy groups -OCH3 is 2. The number of carbonyl (C=O) groups excluding carboxylic acids is 2. The van der Waals surface area contributed by atoms with E-state index in [4.69, 9.17) is 10.8 Å². The lowest BCUT2D eigenvalue weighted by atomic mass is 9.88. The van der Waals surface area contributed by atoms with Crippen molar-refractivity contribution in [2.45, 2.75) is 13.0 Å². The fraction of sp³-hybridized carbons (Fsp3) is 0.667. The molecule has 0 saturated carbocycles. The standard InChI is InChI=1S/C9H15NO6/c1-4(6(10)7(11)12)5(8(13)15-2)9(14)16-3/h4-6H,10H2,1-3H3,(H,11,12)/t4-,6-/m1/s1. The lowest BCUT2D eigenvalue weighted by molar-refractivity contribution is -0.162. The highest BCUT2D eigenvalue weighted by atomic mass is 16.5. The van der Waals surface area contributed by atoms with E-state index in [1.54, 1.807) is 0 Å². The highest BCUT2D eigenvalue weighted by molar-refractivity contribution is 5.96. The van der Waals surface area contributed by atoms with Gasteiger partial charge in [0, 0.05) is 5.92 Å². The second-order valence-electron chi connectivity index (χ2n) is 3.25. The molecule has 2 atom stereocenters. The molecule has 16 heavy (non-hydrogen) atoms. The van der Waals surface area contributed by atoms with Crippen molar-refractivity contribution in [1.82, 2.24) is 0 Å². The molecule has 0 aliphatic heterocycles. The van der Waals surface area contributed by atoms with Crippen molar-refractivity contribution < 1.29 is 29.0 Å². The van der Waals surface area contributed by atoms with Gasteiger partial charge in [0.1, 0.15) is 6.04 Å². The molecule has 92 valence electrons. The first kappa shape index (κ1) is 14.4. The number of hydrogen-bond acceptors (Lipinski definition) is 6. The molecule has 0 aliphatic carbocycles. The molecular weight excluding hydrogens is 218 g/mol. The zero-order chi connectivity index (χ0) is 12.9. The summed E-state index contributed by atoms with van der Waals surface area (Å²) in [7, 11) is 2.19. The molecule has 0 saturated heterocycles. The molecule has 0 heterocycles. The average molecular weight is 233 g/mol. The minimum Gasteiger partial charge on any atom is -0.480 e. The molecule has 3 N–H and O–H groups in total. The van der Waals surface area contributed by atoms with Crippen molar-refractivity contribution in [3.63, 3.8) is 0 Å². The highest BCUT2D eigenvalue weighted by Gasteiger charge is 2.39. The molecule has 0 fully saturated rings. The quantitative estimate of drug-likeness (QED) is 0.462. The van der Waals surface area contributed by atoms with Crippen LogP contribution in [0.3, 0.4) is 0 Å². The van der Waals surface area contributed by atoms with Gasteiger partial charge in [-0.2, -0.15) is 0 Å². The van der Waals surface area contributed by atoms with Gasteiger partial charge < -0.3 is 20.3 Å². The molecule has 0 aromatic rings. The van der Waals surface area contributed by atoms with Crippen LogP contribution in [-0.2, 0) is 23.9 Å². The van der Waals surface area contributed by atoms with Gasteiger partial charge in [-0.15, -0.1) is 0 Å². The van der Waals surface area contributed by atoms with Gasteiger partial charge in [0.05, 0.1) is 14.2 Å². The third kappa shape index (κ3) is 3.20. The molecule has 0 bridgehead atoms. The third-order valence-corrected chi connectivity index (χ3v) is 2.29. The molecule has 0 amide bonds. The Morgan fingerprint density at radius 3 is 1.75 bits per heavy atom. The van der Waals surface area contributed by atoms with Crippen molar-refractivity contribution in [3.05, 3.63) is 0 Å². The molecule has 0 aromatic heterocycles. The van der Waals surface area contributed by atoms with Crippen LogP contribution in [0.5, 0.6) is 0 Å². The van der Waals surface area contributed by atoms with E-state index in [9.17, 15) is 14.4 Å². The Kier molecular flexibility index (Phi) is 5.44. The Balaban J connectivity index is 4.96. The van der Waals surface area contributed by atoms with Gasteiger partial charge >= 0.3 is 17.9 Å². The minimum absolute atomic E-state index is 0.865. The van der Waals surface area contributed by atoms with Crippen molar-refractivity contribution in [3.8, 4) is 0 Å². The van der Waals surface area contributed by atoms with Crippen LogP contribution in [0.2, 0.25) is 0 Å². The lowest BCUT2D eigenvalue weighted by Gasteiger charge is -2.22. The van der Waals surface area contributed by atoms with Gasteiger partial charge in [0.2, 0.25) is 0 Å². The van der Waals surface area contributed by atoms with Crippen LogP contribution in [0.15, 0.2) is 0 Å². The van der Waals surface area contributed by atoms with Crippen LogP contribution >= 0.6 is 0 Å². The number of rotatable bonds is 5. The molecular formula is C9H15NO6. The Morgan fingerprint density at radius 2 is 1.50 bits per heavy atom. The summed E-state index contributed by atoms with van der Waals surface area (Å²) in [5.74, 6) is -5.28. The predicted octanol–water partition coefficient (Wildman–Crippen LogP) is -1.00. The number of hydrogen-bond donors (Lipinski definition) is 2. The van der Waals surface area contributed by atoms with Crippen LogP contribution < -0.4 is 5.73 Å². The highest BCUT2D eigenvalue weighted by Crippen LogP contribution is 2.18. The first-order valence-electron chi connectivity index (χ1n) is 4.50. The normalized spacial score (nSPS) is 14.1. The number of ether oxygens (including phenoxy) is 2. The summed E-state index contributed by atoms with van der Waals surface area (Å²) in [5.41, 5.74) is 5.33. The molecule has 0 aliphatic rings. The zero-order valence-electron chi connectivity index (χ0n) is 9.30. The Morgan fingerprint density at radius 1 is 1.12 bits per heavy atom. The zero-order valence-corrected chi connectivity index (χ0v) is 9.30. The summed E-state index contributed by atoms with van der Waals surface area (Å²) < 4.78 is 8.80. The number of aliphatic carboxylic acids is 1. The van der Waals surface area contributed by atoms with Crippen molar-refractivity contribution in [2.24, 2.45) is 17.6 Å². The largest absolute Gasteiger partial charge is 0.480 e. The van der Waals surface area contributed by atoms with E-state index in [2.05, 4.69) is 9.47 Å². The van der Waals surface area contributed by atoms with Crippen molar-refractivity contribution in [2.75, 3.05) is 14.2 Å². The Hall–Kier alpha value is -1.63. The first-order chi connectivity index (χ1) is 7.36. The molecule has 7 nitrogen and oxygen atoms in total. The predicted molar refractivity (Wildman–Crippen MR) is 52.3 cm³/mol. The fourth-order valence-corrected chi connectivity index (χ4v) is 1.21. The van der Waals surface area contributed by atoms with Crippen LogP contribution in [0, 0.1) is 11.8 Å². The van der Waals surface area contributed by atoms with Crippen LogP contribution in [0.25, 0.3) is 0 Å². The second kappa shape index (κ2) is 6.06. The summed E-state index contributed by atoms with van der Waals surface area (Å²) in [4.78, 5) is 33.3. The summed E-state index contributed by atoms with van der Waals surface area (Å²) in [6.07, 6.45) is 0. The fourth-order valence-electron chi connectivity index (χ4n) is 1.21. The van der Waals surface area contributed by atoms with E-state index in [1.165, 1.54) is 6.92 Å². The third-order valence-electron chi connectivity index (χ3n) is 2.29. The maximum Gasteiger partial charge on any atom is 0.320 e. The number of esters is 2. The van der Waals surface area contributed by atoms with Gasteiger partial charge in [-0.1, -0.05) is 6.92 Å². The smallest absolute Gasteiger partial charge is 0.320 e. The maximum absolute atomic E-state index is 11.3. The number of carbonyl (C=O) groups is 3. The lowest BCUT2D eigenvalue weighted by Crippen LogP contribution is -2.45. The molecule has 0 aromatic carbocycles. The van der Waals surface area contributed by atoms with Gasteiger partial charge in [-0.25, -0.2) is 0 Å². The maximum atomic E-state index is 11.3. The number of carboxylic acids is 1. The van der Waals surface area contributed by atoms with E-state index in [0.29, 0.717) is 0 Å². The Bertz CT molecular complexity index is 274. The van der Waals surface area contributed by atoms with Crippen LogP contribution in [0.1, 0.15) is 6.92 Å². The van der Waals surface area contributed by atoms with E-state index in [0.717, 1.165) is 14.2 Å².